The highest BCUT2D eigenvalue weighted by molar-refractivity contribution is 7.81. The number of carbonyl (C=O) groups excluding carboxylic acids is 7. The maximum absolute atomic E-state index is 14.9. The first kappa shape index (κ1) is 58.9. The fraction of sp³-hybridized carbons (Fsp3) is 0.650. The number of phenolic OH excluding ortho intramolecular Hbond substituents is 1. The van der Waals surface area contributed by atoms with E-state index in [-0.39, 0.29) is 68.2 Å². The number of benzene rings is 1. The zero-order chi connectivity index (χ0) is 53.0. The van der Waals surface area contributed by atoms with E-state index in [0.717, 1.165) is 16.7 Å². The van der Waals surface area contributed by atoms with E-state index in [0.29, 0.717) is 5.56 Å². The normalized spacial score (nSPS) is 26.0. The number of carbonyl (C=O) groups is 7. The molecular weight excluding hydrogens is 994 g/mol. The van der Waals surface area contributed by atoms with Crippen LogP contribution < -0.4 is 32.7 Å². The highest BCUT2D eigenvalue weighted by Crippen LogP contribution is 2.29. The Balaban J connectivity index is 2.31. The number of fused-ring (bicyclic) bond motifs is 2. The molecule has 394 valence electrons. The van der Waals surface area contributed by atoms with Crippen molar-refractivity contribution >= 4 is 79.8 Å². The molecule has 1 aromatic rings. The third-order valence-electron chi connectivity index (χ3n) is 11.8. The predicted octanol–water partition coefficient (Wildman–Crippen LogP) is -2.24. The van der Waals surface area contributed by atoms with Crippen LogP contribution in [0.2, 0.25) is 5.02 Å². The lowest BCUT2D eigenvalue weighted by atomic mass is 9.91. The van der Waals surface area contributed by atoms with Gasteiger partial charge in [-0.15, -0.1) is 0 Å². The van der Waals surface area contributed by atoms with Crippen LogP contribution in [0, 0.1) is 11.8 Å². The molecule has 0 aliphatic carbocycles. The van der Waals surface area contributed by atoms with Crippen LogP contribution in [0.4, 0.5) is 0 Å². The average molecular weight is 1060 g/mol. The molecule has 1 aromatic carbocycles. The third-order valence-corrected chi connectivity index (χ3v) is 13.0. The SMILES string of the molecule is CCC(C)[C@@H]1NC(=O)[C@H](Cc2ccc(O)c(Cl)c2)N(C)C(=O)[C@H](C(C)CC)N2C(=O)[C@@H](CC[C@H]2O)NC(=O)[C@H](CCCN=C(N)N)NC(=O)[C@@H](NC(=O)[C@@H](COS(=O)(=O)O)OS(=O)(=O)O)[C@@H](C)OC1=O. The molecule has 2 bridgehead atoms. The molecular formula is C40H62ClN9O18S2. The van der Waals surface area contributed by atoms with Crippen molar-refractivity contribution in [3.8, 4) is 5.75 Å². The van der Waals surface area contributed by atoms with Crippen LogP contribution in [-0.2, 0) is 73.9 Å². The number of aliphatic imine (C=N–C) groups is 1. The molecule has 70 heavy (non-hydrogen) atoms. The Morgan fingerprint density at radius 2 is 1.60 bits per heavy atom. The number of aliphatic hydroxyl groups is 1. The predicted molar refractivity (Wildman–Crippen MR) is 245 cm³/mol. The standard InChI is InChI=1S/C40H62ClN9O18S2/c1-7-19(3)30-39(59)67-21(5)31(48-35(55)28(68-70(63,64)65)18-66-69(60,61)62)36(56)45-24(10-9-15-44-40(42)43)33(53)46-25-12-14-29(52)50(37(25)57)32(20(4)8-2)38(58)49(6)26(34(54)47-30)17-22-11-13-27(51)23(41)16-22/h11,13,16,19-21,24-26,28-32,51-52H,7-10,12,14-15,17-18H2,1-6H3,(H,45,56)(H,46,53)(H,47,54)(H,48,55)(H4,42,43,44)(H,60,61,62)(H,63,64,65)/t19?,20?,21-,24+,25-,26+,28-,29-,30+,31+,32+/m1/s1. The number of nitrogens with zero attached hydrogens (tertiary/aromatic N) is 3. The van der Waals surface area contributed by atoms with Gasteiger partial charge < -0.3 is 57.5 Å². The molecule has 2 aliphatic heterocycles. The Hall–Kier alpha value is -5.43. The zero-order valence-electron chi connectivity index (χ0n) is 39.1. The molecule has 2 saturated heterocycles. The Kier molecular flexibility index (Phi) is 21.5. The van der Waals surface area contributed by atoms with Crippen molar-refractivity contribution in [1.29, 1.82) is 0 Å². The molecule has 2 fully saturated rings. The second-order valence-electron chi connectivity index (χ2n) is 16.9. The number of nitrogens with two attached hydrogens (primary N) is 2. The van der Waals surface area contributed by atoms with Gasteiger partial charge in [-0.2, -0.15) is 16.8 Å². The van der Waals surface area contributed by atoms with Crippen LogP contribution in [0.25, 0.3) is 0 Å². The largest absolute Gasteiger partial charge is 0.506 e. The Morgan fingerprint density at radius 3 is 2.17 bits per heavy atom. The zero-order valence-corrected chi connectivity index (χ0v) is 41.5. The summed E-state index contributed by atoms with van der Waals surface area (Å²) in [7, 11) is -9.72. The number of guanidine groups is 1. The average Bonchev–Trinajstić information content (AvgIpc) is 3.27. The summed E-state index contributed by atoms with van der Waals surface area (Å²) in [5, 5.41) is 31.0. The quantitative estimate of drug-likeness (QED) is 0.0259. The number of cyclic esters (lactones) is 1. The second kappa shape index (κ2) is 25.6. The monoisotopic (exact) mass is 1060 g/mol. The first-order chi connectivity index (χ1) is 32.5. The van der Waals surface area contributed by atoms with Crippen molar-refractivity contribution in [3.05, 3.63) is 28.8 Å². The van der Waals surface area contributed by atoms with Gasteiger partial charge in [0.1, 0.15) is 60.9 Å². The van der Waals surface area contributed by atoms with E-state index in [4.69, 9.17) is 32.4 Å². The van der Waals surface area contributed by atoms with Gasteiger partial charge in [0.15, 0.2) is 12.1 Å². The van der Waals surface area contributed by atoms with Gasteiger partial charge >= 0.3 is 26.8 Å². The molecule has 2 aliphatic rings. The van der Waals surface area contributed by atoms with Crippen LogP contribution in [0.15, 0.2) is 23.2 Å². The molecule has 0 saturated carbocycles. The Morgan fingerprint density at radius 1 is 0.957 bits per heavy atom. The van der Waals surface area contributed by atoms with Gasteiger partial charge in [0.2, 0.25) is 29.5 Å². The van der Waals surface area contributed by atoms with Crippen molar-refractivity contribution in [2.75, 3.05) is 20.2 Å². The summed E-state index contributed by atoms with van der Waals surface area (Å²) >= 11 is 6.21. The highest BCUT2D eigenvalue weighted by atomic mass is 35.5. The van der Waals surface area contributed by atoms with Gasteiger partial charge in [-0.05, 0) is 62.1 Å². The fourth-order valence-electron chi connectivity index (χ4n) is 7.52. The number of nitrogens with one attached hydrogen (secondary N) is 4. The Bertz CT molecular complexity index is 2340. The van der Waals surface area contributed by atoms with Crippen LogP contribution in [0.5, 0.6) is 5.75 Å². The summed E-state index contributed by atoms with van der Waals surface area (Å²) in [6.07, 6.45) is -6.60. The van der Waals surface area contributed by atoms with Crippen molar-refractivity contribution in [2.24, 2.45) is 28.3 Å². The molecule has 0 spiro atoms. The van der Waals surface area contributed by atoms with E-state index >= 15 is 0 Å². The number of likely N-dealkylation sites (N-methyl/N-ethyl adjacent to an activating group) is 1. The number of rotatable bonds is 17. The van der Waals surface area contributed by atoms with Gasteiger partial charge in [-0.25, -0.2) is 13.2 Å². The number of ether oxygens (including phenoxy) is 1. The summed E-state index contributed by atoms with van der Waals surface area (Å²) in [5.41, 5.74) is 11.2. The summed E-state index contributed by atoms with van der Waals surface area (Å²) in [4.78, 5) is 106. The van der Waals surface area contributed by atoms with E-state index in [1.165, 1.54) is 25.2 Å². The van der Waals surface area contributed by atoms with Gasteiger partial charge in [0, 0.05) is 20.0 Å². The second-order valence-corrected chi connectivity index (χ2v) is 19.4. The number of amides is 6. The highest BCUT2D eigenvalue weighted by Gasteiger charge is 2.47. The van der Waals surface area contributed by atoms with Crippen molar-refractivity contribution in [2.45, 2.75) is 134 Å². The molecule has 2 heterocycles. The number of phenols is 1. The number of hydrogen-bond acceptors (Lipinski definition) is 17. The number of esters is 1. The van der Waals surface area contributed by atoms with E-state index in [1.807, 2.05) is 5.32 Å². The molecule has 27 nitrogen and oxygen atoms in total. The number of aromatic hydroxyl groups is 1. The summed E-state index contributed by atoms with van der Waals surface area (Å²) < 4.78 is 78.6. The maximum atomic E-state index is 14.9. The van der Waals surface area contributed by atoms with Crippen molar-refractivity contribution in [1.82, 2.24) is 31.1 Å². The van der Waals surface area contributed by atoms with Crippen LogP contribution >= 0.6 is 11.6 Å². The van der Waals surface area contributed by atoms with E-state index in [9.17, 15) is 65.2 Å². The molecule has 12 N–H and O–H groups in total. The van der Waals surface area contributed by atoms with Crippen LogP contribution in [-0.4, -0.2) is 168 Å². The van der Waals surface area contributed by atoms with Gasteiger partial charge in [0.05, 0.1) is 5.02 Å². The minimum atomic E-state index is -5.60. The lowest BCUT2D eigenvalue weighted by Gasteiger charge is -2.44. The van der Waals surface area contributed by atoms with E-state index in [1.54, 1.807) is 27.7 Å². The molecule has 11 atom stereocenters. The number of halogens is 1. The van der Waals surface area contributed by atoms with Gasteiger partial charge in [-0.1, -0.05) is 58.2 Å². The van der Waals surface area contributed by atoms with Crippen LogP contribution in [0.1, 0.15) is 78.7 Å². The fourth-order valence-corrected chi connectivity index (χ4v) is 8.46. The molecule has 0 aromatic heterocycles. The topological polar surface area (TPSA) is 415 Å². The van der Waals surface area contributed by atoms with Crippen LogP contribution in [0.3, 0.4) is 0 Å². The minimum absolute atomic E-state index is 0.0245. The first-order valence-corrected chi connectivity index (χ1v) is 25.1. The molecule has 3 rings (SSSR count). The maximum Gasteiger partial charge on any atom is 0.398 e. The van der Waals surface area contributed by atoms with Gasteiger partial charge in [-0.3, -0.25) is 42.9 Å². The molecule has 2 unspecified atom stereocenters. The molecule has 30 heteroatoms. The first-order valence-electron chi connectivity index (χ1n) is 22.0. The Labute approximate surface area is 409 Å². The third kappa shape index (κ3) is 16.9. The van der Waals surface area contributed by atoms with Gasteiger partial charge in [0.25, 0.3) is 5.91 Å². The number of piperidine rings is 1. The smallest absolute Gasteiger partial charge is 0.398 e. The lowest BCUT2D eigenvalue weighted by Crippen LogP contribution is -2.66. The van der Waals surface area contributed by atoms with Crippen molar-refractivity contribution < 1.29 is 82.8 Å². The van der Waals surface area contributed by atoms with E-state index in [2.05, 4.69) is 29.3 Å². The summed E-state index contributed by atoms with van der Waals surface area (Å²) in [6.45, 7) is 5.89. The summed E-state index contributed by atoms with van der Waals surface area (Å²) in [5.74, 6) is -10.1. The lowest BCUT2D eigenvalue weighted by molar-refractivity contribution is -0.168. The minimum Gasteiger partial charge on any atom is -0.506 e. The number of hydrogen-bond donors (Lipinski definition) is 10. The molecule has 6 amide bonds. The van der Waals surface area contributed by atoms with E-state index < -0.39 is 135 Å². The molecule has 0 radical (unpaired) electrons. The summed E-state index contributed by atoms with van der Waals surface area (Å²) in [6, 6.07) is -5.83. The van der Waals surface area contributed by atoms with Crippen molar-refractivity contribution in [3.63, 3.8) is 0 Å². The number of aliphatic hydroxyl groups excluding tert-OH is 1.